The minimum absolute atomic E-state index is 0.0234. The first-order chi connectivity index (χ1) is 7.69. The molecule has 0 saturated heterocycles. The topological polar surface area (TPSA) is 33.0 Å². The van der Waals surface area contributed by atoms with Crippen molar-refractivity contribution >= 4 is 0 Å². The van der Waals surface area contributed by atoms with E-state index in [0.29, 0.717) is 11.7 Å². The van der Waals surface area contributed by atoms with Crippen molar-refractivity contribution < 1.29 is 4.74 Å². The van der Waals surface area contributed by atoms with E-state index in [-0.39, 0.29) is 6.10 Å². The largest absolute Gasteiger partial charge is 0.476 e. The summed E-state index contributed by atoms with van der Waals surface area (Å²) in [5, 5.41) is 8.87. The standard InChI is InChI=1S/C14H15NO/c1-10-3-5-12(6-4-10)14-8-11(2)7-13(9-15)16-14/h3-7,11,14H,8H2,1-2H3/t11-,14-/m1/s1. The highest BCUT2D eigenvalue weighted by Crippen LogP contribution is 2.32. The van der Waals surface area contributed by atoms with Crippen molar-refractivity contribution in [1.29, 1.82) is 5.26 Å². The van der Waals surface area contributed by atoms with Gasteiger partial charge in [0.15, 0.2) is 5.76 Å². The van der Waals surface area contributed by atoms with Crippen molar-refractivity contribution in [2.45, 2.75) is 26.4 Å². The van der Waals surface area contributed by atoms with Crippen LogP contribution < -0.4 is 0 Å². The first-order valence-electron chi connectivity index (χ1n) is 5.54. The van der Waals surface area contributed by atoms with Crippen molar-refractivity contribution in [2.24, 2.45) is 5.92 Å². The number of allylic oxidation sites excluding steroid dienone is 2. The number of nitriles is 1. The first kappa shape index (κ1) is 10.8. The van der Waals surface area contributed by atoms with Gasteiger partial charge in [-0.3, -0.25) is 0 Å². The summed E-state index contributed by atoms with van der Waals surface area (Å²) in [6.07, 6.45) is 2.86. The minimum Gasteiger partial charge on any atom is -0.476 e. The number of aryl methyl sites for hydroxylation is 1. The van der Waals surface area contributed by atoms with Crippen LogP contribution in [0.15, 0.2) is 36.1 Å². The van der Waals surface area contributed by atoms with Crippen LogP contribution in [0.2, 0.25) is 0 Å². The van der Waals surface area contributed by atoms with Gasteiger partial charge < -0.3 is 4.74 Å². The fourth-order valence-electron chi connectivity index (χ4n) is 1.95. The molecule has 1 aromatic carbocycles. The first-order valence-corrected chi connectivity index (χ1v) is 5.54. The van der Waals surface area contributed by atoms with Gasteiger partial charge in [0.2, 0.25) is 0 Å². The maximum Gasteiger partial charge on any atom is 0.193 e. The van der Waals surface area contributed by atoms with Crippen LogP contribution in [0.25, 0.3) is 0 Å². The molecule has 0 N–H and O–H groups in total. The molecule has 0 aliphatic carbocycles. The minimum atomic E-state index is 0.0234. The van der Waals surface area contributed by atoms with Gasteiger partial charge in [0.25, 0.3) is 0 Å². The van der Waals surface area contributed by atoms with Crippen LogP contribution in [0.5, 0.6) is 0 Å². The van der Waals surface area contributed by atoms with Crippen molar-refractivity contribution in [1.82, 2.24) is 0 Å². The molecule has 16 heavy (non-hydrogen) atoms. The van der Waals surface area contributed by atoms with Gasteiger partial charge in [-0.05, 0) is 30.9 Å². The Morgan fingerprint density at radius 3 is 2.62 bits per heavy atom. The number of nitrogens with zero attached hydrogens (tertiary/aromatic N) is 1. The summed E-state index contributed by atoms with van der Waals surface area (Å²) < 4.78 is 5.63. The normalized spacial score (nSPS) is 24.2. The summed E-state index contributed by atoms with van der Waals surface area (Å²) in [6.45, 7) is 4.18. The van der Waals surface area contributed by atoms with E-state index in [1.165, 1.54) is 5.56 Å². The molecule has 0 aromatic heterocycles. The second kappa shape index (κ2) is 4.40. The van der Waals surface area contributed by atoms with E-state index in [1.807, 2.05) is 6.08 Å². The average molecular weight is 213 g/mol. The third-order valence-corrected chi connectivity index (χ3v) is 2.85. The molecule has 0 spiro atoms. The van der Waals surface area contributed by atoms with Gasteiger partial charge in [-0.15, -0.1) is 0 Å². The molecular weight excluding hydrogens is 198 g/mol. The van der Waals surface area contributed by atoms with Crippen LogP contribution in [0.3, 0.4) is 0 Å². The fourth-order valence-corrected chi connectivity index (χ4v) is 1.95. The van der Waals surface area contributed by atoms with E-state index in [1.54, 1.807) is 0 Å². The Bertz CT molecular complexity index is 439. The summed E-state index contributed by atoms with van der Waals surface area (Å²) in [6, 6.07) is 10.4. The van der Waals surface area contributed by atoms with Crippen molar-refractivity contribution in [2.75, 3.05) is 0 Å². The Labute approximate surface area is 96.2 Å². The van der Waals surface area contributed by atoms with Crippen LogP contribution in [0, 0.1) is 24.2 Å². The summed E-state index contributed by atoms with van der Waals surface area (Å²) in [7, 11) is 0. The van der Waals surface area contributed by atoms with Gasteiger partial charge in [0.1, 0.15) is 12.2 Å². The molecule has 2 atom stereocenters. The zero-order valence-electron chi connectivity index (χ0n) is 9.60. The van der Waals surface area contributed by atoms with Gasteiger partial charge in [-0.25, -0.2) is 0 Å². The lowest BCUT2D eigenvalue weighted by Gasteiger charge is -2.25. The summed E-state index contributed by atoms with van der Waals surface area (Å²) in [5.41, 5.74) is 2.39. The van der Waals surface area contributed by atoms with Gasteiger partial charge in [0, 0.05) is 0 Å². The summed E-state index contributed by atoms with van der Waals surface area (Å²) in [4.78, 5) is 0. The van der Waals surface area contributed by atoms with Gasteiger partial charge in [-0.2, -0.15) is 5.26 Å². The number of benzene rings is 1. The quantitative estimate of drug-likeness (QED) is 0.715. The molecule has 1 heterocycles. The van der Waals surface area contributed by atoms with E-state index in [2.05, 4.69) is 44.2 Å². The molecule has 1 aliphatic heterocycles. The second-order valence-corrected chi connectivity index (χ2v) is 4.37. The molecule has 2 rings (SSSR count). The van der Waals surface area contributed by atoms with Crippen LogP contribution in [0.4, 0.5) is 0 Å². The van der Waals surface area contributed by atoms with E-state index in [0.717, 1.165) is 12.0 Å². The maximum atomic E-state index is 8.87. The lowest BCUT2D eigenvalue weighted by molar-refractivity contribution is 0.0923. The highest BCUT2D eigenvalue weighted by Gasteiger charge is 2.22. The zero-order chi connectivity index (χ0) is 11.5. The van der Waals surface area contributed by atoms with Crippen molar-refractivity contribution in [3.8, 4) is 6.07 Å². The SMILES string of the molecule is Cc1ccc([C@H]2C[C@H](C)C=C(C#N)O2)cc1. The lowest BCUT2D eigenvalue weighted by Crippen LogP contribution is -2.13. The highest BCUT2D eigenvalue weighted by atomic mass is 16.5. The molecular formula is C14H15NO. The molecule has 0 unspecified atom stereocenters. The molecule has 0 fully saturated rings. The number of hydrogen-bond donors (Lipinski definition) is 0. The molecule has 0 saturated carbocycles. The highest BCUT2D eigenvalue weighted by molar-refractivity contribution is 5.26. The summed E-state index contributed by atoms with van der Waals surface area (Å²) >= 11 is 0. The molecule has 82 valence electrons. The van der Waals surface area contributed by atoms with Crippen LogP contribution in [0.1, 0.15) is 30.6 Å². The molecule has 1 aromatic rings. The number of ether oxygens (including phenoxy) is 1. The van der Waals surface area contributed by atoms with E-state index >= 15 is 0 Å². The molecule has 0 amide bonds. The third kappa shape index (κ3) is 2.25. The molecule has 1 aliphatic rings. The molecule has 0 bridgehead atoms. The predicted molar refractivity (Wildman–Crippen MR) is 62.5 cm³/mol. The molecule has 2 nitrogen and oxygen atoms in total. The van der Waals surface area contributed by atoms with Crippen LogP contribution in [-0.2, 0) is 4.74 Å². The summed E-state index contributed by atoms with van der Waals surface area (Å²) in [5.74, 6) is 0.846. The van der Waals surface area contributed by atoms with E-state index in [4.69, 9.17) is 10.00 Å². The maximum absolute atomic E-state index is 8.87. The number of rotatable bonds is 1. The van der Waals surface area contributed by atoms with Crippen LogP contribution >= 0.6 is 0 Å². The van der Waals surface area contributed by atoms with Crippen LogP contribution in [-0.4, -0.2) is 0 Å². The monoisotopic (exact) mass is 213 g/mol. The fraction of sp³-hybridized carbons (Fsp3) is 0.357. The lowest BCUT2D eigenvalue weighted by atomic mass is 9.95. The number of hydrogen-bond acceptors (Lipinski definition) is 2. The van der Waals surface area contributed by atoms with E-state index < -0.39 is 0 Å². The Kier molecular flexibility index (Phi) is 2.96. The van der Waals surface area contributed by atoms with Gasteiger partial charge in [-0.1, -0.05) is 36.8 Å². The zero-order valence-corrected chi connectivity index (χ0v) is 9.60. The third-order valence-electron chi connectivity index (χ3n) is 2.85. The van der Waals surface area contributed by atoms with E-state index in [9.17, 15) is 0 Å². The Morgan fingerprint density at radius 2 is 2.00 bits per heavy atom. The Balaban J connectivity index is 2.21. The Morgan fingerprint density at radius 1 is 1.31 bits per heavy atom. The second-order valence-electron chi connectivity index (χ2n) is 4.37. The van der Waals surface area contributed by atoms with Gasteiger partial charge in [0.05, 0.1) is 0 Å². The average Bonchev–Trinajstić information content (AvgIpc) is 2.29. The van der Waals surface area contributed by atoms with Crippen molar-refractivity contribution in [3.05, 3.63) is 47.2 Å². The predicted octanol–water partition coefficient (Wildman–Crippen LogP) is 3.50. The Hall–Kier alpha value is -1.75. The van der Waals surface area contributed by atoms with Crippen molar-refractivity contribution in [3.63, 3.8) is 0 Å². The smallest absolute Gasteiger partial charge is 0.193 e. The molecule has 0 radical (unpaired) electrons. The molecule has 2 heteroatoms. The van der Waals surface area contributed by atoms with Gasteiger partial charge >= 0.3 is 0 Å².